The number of aliphatic hydroxyl groups is 2. The van der Waals surface area contributed by atoms with Gasteiger partial charge in [-0.1, -0.05) is 30.3 Å². The Morgan fingerprint density at radius 3 is 1.79 bits per heavy atom. The molecule has 102 valence electrons. The average molecular weight is 268 g/mol. The second kappa shape index (κ2) is 4.79. The van der Waals surface area contributed by atoms with Crippen molar-refractivity contribution in [3.8, 4) is 0 Å². The Hall–Kier alpha value is -2.25. The van der Waals surface area contributed by atoms with Gasteiger partial charge in [0.2, 0.25) is 11.4 Å². The minimum Gasteiger partial charge on any atom is -0.479 e. The molecule has 1 aromatic rings. The number of carboxylic acids is 2. The lowest BCUT2D eigenvalue weighted by atomic mass is 9.78. The van der Waals surface area contributed by atoms with Gasteiger partial charge in [0, 0.05) is 5.56 Å². The number of hydrogen-bond acceptors (Lipinski definition) is 5. The summed E-state index contributed by atoms with van der Waals surface area (Å²) >= 11 is 0. The van der Waals surface area contributed by atoms with E-state index in [0.717, 1.165) is 0 Å². The highest BCUT2D eigenvalue weighted by molar-refractivity contribution is 6.18. The lowest BCUT2D eigenvalue weighted by Gasteiger charge is -2.32. The second-order valence-corrected chi connectivity index (χ2v) is 4.09. The van der Waals surface area contributed by atoms with Gasteiger partial charge in [0.15, 0.2) is 0 Å². The number of ketones is 1. The largest absolute Gasteiger partial charge is 0.479 e. The number of rotatable bonds is 5. The molecule has 7 heteroatoms. The molecule has 0 aliphatic heterocycles. The third-order valence-electron chi connectivity index (χ3n) is 2.80. The molecule has 0 saturated heterocycles. The molecule has 1 aromatic carbocycles. The first kappa shape index (κ1) is 14.8. The van der Waals surface area contributed by atoms with Crippen molar-refractivity contribution < 1.29 is 34.8 Å². The first-order valence-electron chi connectivity index (χ1n) is 5.17. The van der Waals surface area contributed by atoms with E-state index in [4.69, 9.17) is 10.2 Å². The Kier molecular flexibility index (Phi) is 3.73. The Bertz CT molecular complexity index is 520. The van der Waals surface area contributed by atoms with Crippen LogP contribution in [0.1, 0.15) is 17.3 Å². The Morgan fingerprint density at radius 1 is 0.947 bits per heavy atom. The highest BCUT2D eigenvalue weighted by Crippen LogP contribution is 2.27. The van der Waals surface area contributed by atoms with Gasteiger partial charge in [-0.25, -0.2) is 9.59 Å². The fourth-order valence-electron chi connectivity index (χ4n) is 1.48. The highest BCUT2D eigenvalue weighted by Gasteiger charge is 2.62. The van der Waals surface area contributed by atoms with E-state index in [1.165, 1.54) is 24.3 Å². The summed E-state index contributed by atoms with van der Waals surface area (Å²) in [4.78, 5) is 34.0. The average Bonchev–Trinajstić information content (AvgIpc) is 2.37. The summed E-state index contributed by atoms with van der Waals surface area (Å²) in [6, 6.07) is 6.77. The van der Waals surface area contributed by atoms with Gasteiger partial charge in [-0.15, -0.1) is 0 Å². The molecule has 0 heterocycles. The number of aliphatic carboxylic acids is 2. The topological polar surface area (TPSA) is 132 Å². The van der Waals surface area contributed by atoms with Gasteiger partial charge >= 0.3 is 11.9 Å². The summed E-state index contributed by atoms with van der Waals surface area (Å²) in [5.41, 5.74) is -6.89. The zero-order valence-electron chi connectivity index (χ0n) is 9.90. The normalized spacial score (nSPS) is 17.0. The van der Waals surface area contributed by atoms with E-state index >= 15 is 0 Å². The van der Waals surface area contributed by atoms with Gasteiger partial charge in [-0.2, -0.15) is 0 Å². The molecule has 0 spiro atoms. The lowest BCUT2D eigenvalue weighted by Crippen LogP contribution is -2.66. The van der Waals surface area contributed by atoms with E-state index in [-0.39, 0.29) is 5.56 Å². The van der Waals surface area contributed by atoms with E-state index < -0.39 is 28.9 Å². The second-order valence-electron chi connectivity index (χ2n) is 4.09. The molecular formula is C12H12O7. The molecule has 4 N–H and O–H groups in total. The van der Waals surface area contributed by atoms with Crippen molar-refractivity contribution in [1.29, 1.82) is 0 Å². The molecule has 0 fully saturated rings. The van der Waals surface area contributed by atoms with Crippen LogP contribution >= 0.6 is 0 Å². The predicted octanol–water partition coefficient (Wildman–Crippen LogP) is -0.479. The molecule has 0 amide bonds. The molecule has 2 atom stereocenters. The van der Waals surface area contributed by atoms with E-state index in [1.54, 1.807) is 6.07 Å². The zero-order valence-corrected chi connectivity index (χ0v) is 9.90. The van der Waals surface area contributed by atoms with Crippen molar-refractivity contribution in [2.75, 3.05) is 0 Å². The van der Waals surface area contributed by atoms with Gasteiger partial charge in [0.25, 0.3) is 5.60 Å². The van der Waals surface area contributed by atoms with E-state index in [2.05, 4.69) is 0 Å². The number of carbonyl (C=O) groups is 3. The van der Waals surface area contributed by atoms with Crippen molar-refractivity contribution in [1.82, 2.24) is 0 Å². The van der Waals surface area contributed by atoms with Crippen molar-refractivity contribution in [2.24, 2.45) is 0 Å². The number of hydrogen-bond donors (Lipinski definition) is 4. The van der Waals surface area contributed by atoms with Crippen LogP contribution in [0.25, 0.3) is 0 Å². The fourth-order valence-corrected chi connectivity index (χ4v) is 1.48. The summed E-state index contributed by atoms with van der Waals surface area (Å²) in [6.45, 7) is 0.546. The van der Waals surface area contributed by atoms with Crippen molar-refractivity contribution in [3.05, 3.63) is 35.9 Å². The molecule has 0 bridgehead atoms. The highest BCUT2D eigenvalue weighted by atomic mass is 16.5. The van der Waals surface area contributed by atoms with Gasteiger partial charge in [-0.3, -0.25) is 4.79 Å². The van der Waals surface area contributed by atoms with Crippen LogP contribution in [-0.2, 0) is 9.59 Å². The maximum Gasteiger partial charge on any atom is 0.347 e. The van der Waals surface area contributed by atoms with Crippen LogP contribution in [0.15, 0.2) is 30.3 Å². The third kappa shape index (κ3) is 2.20. The summed E-state index contributed by atoms with van der Waals surface area (Å²) in [5.74, 6) is -5.58. The van der Waals surface area contributed by atoms with Gasteiger partial charge in [0.05, 0.1) is 0 Å². The summed E-state index contributed by atoms with van der Waals surface area (Å²) < 4.78 is 0. The monoisotopic (exact) mass is 268 g/mol. The van der Waals surface area contributed by atoms with Gasteiger partial charge < -0.3 is 20.4 Å². The molecule has 7 nitrogen and oxygen atoms in total. The fraction of sp³-hybridized carbons (Fsp3) is 0.250. The number of Topliss-reactive ketones (excluding diaryl/α,β-unsaturated/α-hetero) is 1. The summed E-state index contributed by atoms with van der Waals surface area (Å²) in [6.07, 6.45) is 0. The first-order valence-corrected chi connectivity index (χ1v) is 5.17. The molecule has 1 rings (SSSR count). The van der Waals surface area contributed by atoms with E-state index in [1.807, 2.05) is 0 Å². The molecule has 0 aromatic heterocycles. The zero-order chi connectivity index (χ0) is 14.8. The predicted molar refractivity (Wildman–Crippen MR) is 61.6 cm³/mol. The van der Waals surface area contributed by atoms with Crippen LogP contribution in [0.2, 0.25) is 0 Å². The van der Waals surface area contributed by atoms with Crippen molar-refractivity contribution in [2.45, 2.75) is 18.1 Å². The quantitative estimate of drug-likeness (QED) is 0.419. The number of benzene rings is 1. The molecule has 0 radical (unpaired) electrons. The van der Waals surface area contributed by atoms with Crippen LogP contribution < -0.4 is 0 Å². The van der Waals surface area contributed by atoms with Crippen LogP contribution in [0.4, 0.5) is 0 Å². The Morgan fingerprint density at radius 2 is 1.42 bits per heavy atom. The minimum absolute atomic E-state index is 0.228. The maximum atomic E-state index is 12.0. The van der Waals surface area contributed by atoms with E-state index in [9.17, 15) is 24.6 Å². The van der Waals surface area contributed by atoms with Crippen LogP contribution in [0.5, 0.6) is 0 Å². The summed E-state index contributed by atoms with van der Waals surface area (Å²) in [5, 5.41) is 37.3. The van der Waals surface area contributed by atoms with Crippen LogP contribution in [0.3, 0.4) is 0 Å². The van der Waals surface area contributed by atoms with Crippen molar-refractivity contribution >= 4 is 17.7 Å². The third-order valence-corrected chi connectivity index (χ3v) is 2.80. The molecule has 0 saturated carbocycles. The van der Waals surface area contributed by atoms with Crippen molar-refractivity contribution in [3.63, 3.8) is 0 Å². The van der Waals surface area contributed by atoms with E-state index in [0.29, 0.717) is 6.92 Å². The molecule has 0 aliphatic rings. The lowest BCUT2D eigenvalue weighted by molar-refractivity contribution is -0.193. The molecular weight excluding hydrogens is 256 g/mol. The van der Waals surface area contributed by atoms with Gasteiger partial charge in [-0.05, 0) is 6.92 Å². The number of carbonyl (C=O) groups excluding carboxylic acids is 1. The Balaban J connectivity index is 3.41. The SMILES string of the molecule is C[C@](O)(C(=O)O)[C@@](O)(C(=O)O)C(=O)c1ccccc1. The van der Waals surface area contributed by atoms with Gasteiger partial charge in [0.1, 0.15) is 0 Å². The standard InChI is InChI=1S/C12H12O7/c1-11(18,9(14)15)12(19,10(16)17)8(13)7-5-3-2-4-6-7/h2-6,18-19H,1H3,(H,14,15)(H,16,17)/t11-,12-/m0/s1. The first-order chi connectivity index (χ1) is 8.65. The summed E-state index contributed by atoms with van der Waals surface area (Å²) in [7, 11) is 0. The molecule has 0 unspecified atom stereocenters. The minimum atomic E-state index is -3.49. The van der Waals surface area contributed by atoms with Crippen LogP contribution in [-0.4, -0.2) is 49.4 Å². The maximum absolute atomic E-state index is 12.0. The number of carboxylic acid groups (broad SMARTS) is 2. The Labute approximate surface area is 107 Å². The molecule has 0 aliphatic carbocycles. The molecule has 19 heavy (non-hydrogen) atoms. The smallest absolute Gasteiger partial charge is 0.347 e. The van der Waals surface area contributed by atoms with Crippen LogP contribution in [0, 0.1) is 0 Å².